The molecule has 1 aliphatic carbocycles. The zero-order valence-corrected chi connectivity index (χ0v) is 15.2. The number of nitrogens with two attached hydrogens (primary N) is 2. The lowest BCUT2D eigenvalue weighted by molar-refractivity contribution is -0.120. The lowest BCUT2D eigenvalue weighted by Gasteiger charge is -2.24. The second kappa shape index (κ2) is 7.90. The number of rotatable bonds is 4. The van der Waals surface area contributed by atoms with E-state index in [0.717, 1.165) is 24.1 Å². The van der Waals surface area contributed by atoms with E-state index in [4.69, 9.17) is 21.3 Å². The van der Waals surface area contributed by atoms with E-state index < -0.39 is 0 Å². The van der Waals surface area contributed by atoms with Crippen LogP contribution in [0, 0.1) is 11.3 Å². The van der Waals surface area contributed by atoms with Gasteiger partial charge in [0.15, 0.2) is 0 Å². The molecule has 140 valence electrons. The van der Waals surface area contributed by atoms with Crippen molar-refractivity contribution in [3.63, 3.8) is 0 Å². The molecule has 2 aromatic rings. The predicted octanol–water partition coefficient (Wildman–Crippen LogP) is 2.93. The number of amides is 1. The molecule has 1 aromatic heterocycles. The van der Waals surface area contributed by atoms with E-state index >= 15 is 0 Å². The molecule has 6 N–H and O–H groups in total. The molecular formula is C20H23N5O2. The summed E-state index contributed by atoms with van der Waals surface area (Å²) >= 11 is 0. The second-order valence-electron chi connectivity index (χ2n) is 6.48. The highest BCUT2D eigenvalue weighted by Gasteiger charge is 2.27. The lowest BCUT2D eigenvalue weighted by Crippen LogP contribution is -2.29. The molecule has 0 radical (unpaired) electrons. The molecule has 3 rings (SSSR count). The Morgan fingerprint density at radius 2 is 2.22 bits per heavy atom. The molecule has 27 heavy (non-hydrogen) atoms. The third-order valence-corrected chi connectivity index (χ3v) is 4.81. The van der Waals surface area contributed by atoms with Gasteiger partial charge >= 0.3 is 0 Å². The van der Waals surface area contributed by atoms with E-state index in [1.165, 1.54) is 18.7 Å². The van der Waals surface area contributed by atoms with Crippen molar-refractivity contribution >= 4 is 28.7 Å². The van der Waals surface area contributed by atoms with Gasteiger partial charge in [-0.25, -0.2) is 0 Å². The number of benzene rings is 1. The number of hydrogen-bond donors (Lipinski definition) is 4. The molecule has 7 heteroatoms. The van der Waals surface area contributed by atoms with Crippen molar-refractivity contribution in [2.45, 2.75) is 19.3 Å². The fourth-order valence-corrected chi connectivity index (χ4v) is 3.26. The Balaban J connectivity index is 1.75. The summed E-state index contributed by atoms with van der Waals surface area (Å²) < 4.78 is 5.03. The Hall–Kier alpha value is -3.35. The third-order valence-electron chi connectivity index (χ3n) is 4.81. The molecule has 0 aliphatic heterocycles. The van der Waals surface area contributed by atoms with Crippen LogP contribution in [0.4, 0.5) is 11.4 Å². The van der Waals surface area contributed by atoms with Crippen molar-refractivity contribution in [1.29, 1.82) is 5.41 Å². The molecule has 1 aliphatic rings. The smallest absolute Gasteiger partial charge is 0.227 e. The second-order valence-corrected chi connectivity index (χ2v) is 6.48. The van der Waals surface area contributed by atoms with Crippen molar-refractivity contribution in [3.05, 3.63) is 59.7 Å². The van der Waals surface area contributed by atoms with Gasteiger partial charge in [-0.1, -0.05) is 0 Å². The lowest BCUT2D eigenvalue weighted by atomic mass is 9.84. The number of nitrogens with zero attached hydrogens (tertiary/aromatic N) is 1. The molecule has 1 fully saturated rings. The van der Waals surface area contributed by atoms with E-state index in [9.17, 15) is 4.79 Å². The van der Waals surface area contributed by atoms with Crippen LogP contribution in [-0.4, -0.2) is 24.4 Å². The molecule has 0 spiro atoms. The number of aliphatic imine (C=N–C) groups is 1. The molecule has 1 amide bonds. The van der Waals surface area contributed by atoms with Gasteiger partial charge in [0.2, 0.25) is 5.91 Å². The maximum atomic E-state index is 12.7. The molecule has 1 atom stereocenters. The summed E-state index contributed by atoms with van der Waals surface area (Å²) in [7, 11) is 1.74. The summed E-state index contributed by atoms with van der Waals surface area (Å²) in [6.45, 7) is 0. The molecule has 0 saturated heterocycles. The number of carbonyl (C=O) groups is 1. The zero-order valence-electron chi connectivity index (χ0n) is 15.2. The number of anilines is 2. The SMILES string of the molecule is CN=C1CCC(C(=O)Nc2ccc(N)c(C(=N)c3ccoc3)c2)C/C1=C/N. The number of nitrogens with one attached hydrogen (secondary N) is 2. The third kappa shape index (κ3) is 3.92. The normalized spacial score (nSPS) is 20.0. The van der Waals surface area contributed by atoms with Gasteiger partial charge in [0.1, 0.15) is 0 Å². The fourth-order valence-electron chi connectivity index (χ4n) is 3.26. The van der Waals surface area contributed by atoms with Gasteiger partial charge in [-0.3, -0.25) is 15.2 Å². The van der Waals surface area contributed by atoms with Gasteiger partial charge in [0.05, 0.1) is 18.2 Å². The summed E-state index contributed by atoms with van der Waals surface area (Å²) in [4.78, 5) is 16.9. The Kier molecular flexibility index (Phi) is 5.40. The van der Waals surface area contributed by atoms with Crippen LogP contribution in [0.3, 0.4) is 0 Å². The van der Waals surface area contributed by atoms with Crippen LogP contribution in [0.2, 0.25) is 0 Å². The molecular weight excluding hydrogens is 342 g/mol. The Morgan fingerprint density at radius 1 is 1.41 bits per heavy atom. The highest BCUT2D eigenvalue weighted by Crippen LogP contribution is 2.28. The average molecular weight is 365 g/mol. The van der Waals surface area contributed by atoms with Gasteiger partial charge in [0.25, 0.3) is 0 Å². The van der Waals surface area contributed by atoms with Gasteiger partial charge in [-0.2, -0.15) is 0 Å². The Labute approximate surface area is 157 Å². The largest absolute Gasteiger partial charge is 0.472 e. The maximum absolute atomic E-state index is 12.7. The number of hydrogen-bond acceptors (Lipinski definition) is 6. The first-order valence-electron chi connectivity index (χ1n) is 8.72. The van der Waals surface area contributed by atoms with Gasteiger partial charge in [-0.05, 0) is 55.3 Å². The standard InChI is InChI=1S/C20H23N5O2/c1-24-18-5-2-12(8-14(18)10-21)20(26)25-15-3-4-17(22)16(9-15)19(23)13-6-7-27-11-13/h3-4,6-7,9-12,23H,2,5,8,21-22H2,1H3,(H,25,26)/b14-10-,23-19?,24-18?. The average Bonchev–Trinajstić information content (AvgIpc) is 3.23. The maximum Gasteiger partial charge on any atom is 0.227 e. The van der Waals surface area contributed by atoms with E-state index in [2.05, 4.69) is 10.3 Å². The van der Waals surface area contributed by atoms with Gasteiger partial charge < -0.3 is 21.2 Å². The minimum absolute atomic E-state index is 0.0740. The van der Waals surface area contributed by atoms with E-state index in [1.54, 1.807) is 31.3 Å². The summed E-state index contributed by atoms with van der Waals surface area (Å²) in [6, 6.07) is 6.83. The molecule has 1 unspecified atom stereocenters. The first kappa shape index (κ1) is 18.4. The van der Waals surface area contributed by atoms with Crippen molar-refractivity contribution in [2.75, 3.05) is 18.1 Å². The van der Waals surface area contributed by atoms with Crippen molar-refractivity contribution in [3.8, 4) is 0 Å². The highest BCUT2D eigenvalue weighted by atomic mass is 16.3. The van der Waals surface area contributed by atoms with E-state index in [1.807, 2.05) is 0 Å². The van der Waals surface area contributed by atoms with E-state index in [0.29, 0.717) is 28.9 Å². The quantitative estimate of drug-likeness (QED) is 0.490. The molecule has 1 saturated carbocycles. The predicted molar refractivity (Wildman–Crippen MR) is 107 cm³/mol. The summed E-state index contributed by atoms with van der Waals surface area (Å²) in [5.74, 6) is -0.241. The summed E-state index contributed by atoms with van der Waals surface area (Å²) in [5, 5.41) is 11.2. The van der Waals surface area contributed by atoms with Crippen LogP contribution >= 0.6 is 0 Å². The minimum atomic E-state index is -0.167. The first-order valence-corrected chi connectivity index (χ1v) is 8.72. The van der Waals surface area contributed by atoms with Crippen molar-refractivity contribution < 1.29 is 9.21 Å². The zero-order chi connectivity index (χ0) is 19.4. The number of carbonyl (C=O) groups excluding carboxylic acids is 1. The molecule has 0 bridgehead atoms. The molecule has 1 heterocycles. The van der Waals surface area contributed by atoms with Crippen molar-refractivity contribution in [2.24, 2.45) is 16.6 Å². The number of furan rings is 1. The van der Waals surface area contributed by atoms with Crippen LogP contribution in [0.15, 0.2) is 58.0 Å². The van der Waals surface area contributed by atoms with Crippen molar-refractivity contribution in [1.82, 2.24) is 0 Å². The van der Waals surface area contributed by atoms with E-state index in [-0.39, 0.29) is 17.5 Å². The molecule has 7 nitrogen and oxygen atoms in total. The topological polar surface area (TPSA) is 130 Å². The van der Waals surface area contributed by atoms with Crippen LogP contribution < -0.4 is 16.8 Å². The van der Waals surface area contributed by atoms with Gasteiger partial charge in [0, 0.05) is 41.2 Å². The molecule has 1 aromatic carbocycles. The Bertz CT molecular complexity index is 912. The highest BCUT2D eigenvalue weighted by molar-refractivity contribution is 6.14. The number of nitrogen functional groups attached to an aromatic ring is 1. The van der Waals surface area contributed by atoms with Crippen LogP contribution in [-0.2, 0) is 4.79 Å². The van der Waals surface area contributed by atoms with Gasteiger partial charge in [-0.15, -0.1) is 0 Å². The summed E-state index contributed by atoms with van der Waals surface area (Å²) in [5.41, 5.74) is 16.1. The first-order chi connectivity index (χ1) is 13.0. The summed E-state index contributed by atoms with van der Waals surface area (Å²) in [6.07, 6.45) is 6.56. The Morgan fingerprint density at radius 3 is 2.89 bits per heavy atom. The van der Waals surface area contributed by atoms with Crippen LogP contribution in [0.1, 0.15) is 30.4 Å². The van der Waals surface area contributed by atoms with Crippen LogP contribution in [0.25, 0.3) is 0 Å². The number of allylic oxidation sites excluding steroid dienone is 1. The van der Waals surface area contributed by atoms with Crippen LogP contribution in [0.5, 0.6) is 0 Å². The fraction of sp³-hybridized carbons (Fsp3) is 0.250. The monoisotopic (exact) mass is 365 g/mol. The minimum Gasteiger partial charge on any atom is -0.472 e.